The number of hydrogen-bond acceptors (Lipinski definition) is 5. The maximum atomic E-state index is 13.4. The number of anilines is 1. The first-order chi connectivity index (χ1) is 17.4. The summed E-state index contributed by atoms with van der Waals surface area (Å²) in [6, 6.07) is 26.5. The molecule has 7 nitrogen and oxygen atoms in total. The summed E-state index contributed by atoms with van der Waals surface area (Å²) in [4.78, 5) is 13.0. The zero-order chi connectivity index (χ0) is 25.1. The minimum Gasteiger partial charge on any atom is -0.492 e. The van der Waals surface area contributed by atoms with E-state index in [9.17, 15) is 13.2 Å². The van der Waals surface area contributed by atoms with Crippen LogP contribution >= 0.6 is 11.6 Å². The average molecular weight is 523 g/mol. The minimum absolute atomic E-state index is 0.112. The maximum Gasteiger partial charge on any atom is 0.264 e. The van der Waals surface area contributed by atoms with Crippen LogP contribution in [0.3, 0.4) is 0 Å². The van der Waals surface area contributed by atoms with E-state index in [0.717, 1.165) is 10.8 Å². The first kappa shape index (κ1) is 24.0. The smallest absolute Gasteiger partial charge is 0.264 e. The van der Waals surface area contributed by atoms with Crippen LogP contribution in [0.15, 0.2) is 95.9 Å². The van der Waals surface area contributed by atoms with E-state index in [4.69, 9.17) is 21.1 Å². The zero-order valence-electron chi connectivity index (χ0n) is 19.1. The topological polar surface area (TPSA) is 84.9 Å². The van der Waals surface area contributed by atoms with E-state index >= 15 is 0 Å². The number of amides is 1. The number of halogens is 1. The second kappa shape index (κ2) is 10.1. The molecule has 184 valence electrons. The lowest BCUT2D eigenvalue weighted by Crippen LogP contribution is -2.51. The molecule has 1 N–H and O–H groups in total. The average Bonchev–Trinajstić information content (AvgIpc) is 2.90. The minimum atomic E-state index is -3.95. The van der Waals surface area contributed by atoms with Crippen molar-refractivity contribution in [2.45, 2.75) is 11.0 Å². The Morgan fingerprint density at radius 1 is 0.972 bits per heavy atom. The number of nitrogens with one attached hydrogen (secondary N) is 1. The molecule has 4 aromatic rings. The van der Waals surface area contributed by atoms with Gasteiger partial charge in [-0.05, 0) is 53.2 Å². The fourth-order valence-corrected chi connectivity index (χ4v) is 5.68. The highest BCUT2D eigenvalue weighted by Gasteiger charge is 2.37. The molecule has 0 bridgehead atoms. The second-order valence-electron chi connectivity index (χ2n) is 8.22. The SMILES string of the molecule is O=C(NCCOc1ccc2ccccc2c1)[C@@H]1CN(S(=O)(=O)c2ccccc2)c2cc(Cl)ccc2O1. The Morgan fingerprint density at radius 2 is 1.72 bits per heavy atom. The van der Waals surface area contributed by atoms with E-state index < -0.39 is 22.0 Å². The molecule has 1 amide bonds. The number of benzene rings is 4. The molecule has 0 radical (unpaired) electrons. The van der Waals surface area contributed by atoms with E-state index in [-0.39, 0.29) is 36.0 Å². The Morgan fingerprint density at radius 3 is 2.53 bits per heavy atom. The molecular formula is C27H23ClN2O5S. The summed E-state index contributed by atoms with van der Waals surface area (Å²) in [6.07, 6.45) is -1.04. The first-order valence-corrected chi connectivity index (χ1v) is 13.2. The lowest BCUT2D eigenvalue weighted by molar-refractivity contribution is -0.127. The van der Waals surface area contributed by atoms with Crippen molar-refractivity contribution in [2.24, 2.45) is 0 Å². The number of carbonyl (C=O) groups is 1. The largest absolute Gasteiger partial charge is 0.492 e. The number of rotatable bonds is 7. The van der Waals surface area contributed by atoms with Crippen molar-refractivity contribution in [3.05, 3.63) is 96.0 Å². The number of sulfonamides is 1. The van der Waals surface area contributed by atoms with Gasteiger partial charge in [-0.25, -0.2) is 8.42 Å². The van der Waals surface area contributed by atoms with Crippen molar-refractivity contribution in [1.82, 2.24) is 5.32 Å². The van der Waals surface area contributed by atoms with Crippen molar-refractivity contribution in [3.8, 4) is 11.5 Å². The van der Waals surface area contributed by atoms with Gasteiger partial charge < -0.3 is 14.8 Å². The van der Waals surface area contributed by atoms with Gasteiger partial charge in [-0.15, -0.1) is 0 Å². The Hall–Kier alpha value is -3.75. The highest BCUT2D eigenvalue weighted by atomic mass is 35.5. The Kier molecular flexibility index (Phi) is 6.71. The van der Waals surface area contributed by atoms with Crippen LogP contribution in [0.25, 0.3) is 10.8 Å². The summed E-state index contributed by atoms with van der Waals surface area (Å²) in [6.45, 7) is 0.279. The summed E-state index contributed by atoms with van der Waals surface area (Å²) >= 11 is 6.13. The number of carbonyl (C=O) groups excluding carboxylic acids is 1. The lowest BCUT2D eigenvalue weighted by Gasteiger charge is -2.34. The quantitative estimate of drug-likeness (QED) is 0.357. The van der Waals surface area contributed by atoms with Crippen LogP contribution in [-0.4, -0.2) is 40.1 Å². The third kappa shape index (κ3) is 4.96. The van der Waals surface area contributed by atoms with Crippen LogP contribution in [0, 0.1) is 0 Å². The molecule has 0 fully saturated rings. The number of nitrogens with zero attached hydrogens (tertiary/aromatic N) is 1. The molecule has 1 aliphatic rings. The summed E-state index contributed by atoms with van der Waals surface area (Å²) in [5.74, 6) is 0.520. The molecule has 1 aliphatic heterocycles. The van der Waals surface area contributed by atoms with Crippen molar-refractivity contribution in [2.75, 3.05) is 24.0 Å². The summed E-state index contributed by atoms with van der Waals surface area (Å²) in [7, 11) is -3.95. The molecule has 0 saturated heterocycles. The molecule has 4 aromatic carbocycles. The van der Waals surface area contributed by atoms with Crippen molar-refractivity contribution >= 4 is 44.0 Å². The summed E-state index contributed by atoms with van der Waals surface area (Å²) in [5.41, 5.74) is 0.287. The van der Waals surface area contributed by atoms with Crippen LogP contribution in [0.4, 0.5) is 5.69 Å². The van der Waals surface area contributed by atoms with E-state index in [1.807, 2.05) is 42.5 Å². The Labute approximate surface area is 214 Å². The molecule has 0 unspecified atom stereocenters. The molecule has 0 aromatic heterocycles. The molecule has 0 spiro atoms. The Balaban J connectivity index is 1.27. The highest BCUT2D eigenvalue weighted by Crippen LogP contribution is 2.38. The molecule has 0 saturated carbocycles. The lowest BCUT2D eigenvalue weighted by atomic mass is 10.1. The standard InChI is InChI=1S/C27H23ClN2O5S/c28-21-11-13-25-24(17-21)30(36(32,33)23-8-2-1-3-9-23)18-26(35-25)27(31)29-14-15-34-22-12-10-19-6-4-5-7-20(19)16-22/h1-13,16-17,26H,14-15,18H2,(H,29,31)/t26-/m0/s1. The van der Waals surface area contributed by atoms with Gasteiger partial charge in [0.2, 0.25) is 0 Å². The number of fused-ring (bicyclic) bond motifs is 2. The van der Waals surface area contributed by atoms with Gasteiger partial charge in [0.15, 0.2) is 6.10 Å². The summed E-state index contributed by atoms with van der Waals surface area (Å²) in [5, 5.41) is 5.32. The monoisotopic (exact) mass is 522 g/mol. The van der Waals surface area contributed by atoms with E-state index in [1.165, 1.54) is 22.5 Å². The molecular weight excluding hydrogens is 500 g/mol. The van der Waals surface area contributed by atoms with Gasteiger partial charge in [-0.1, -0.05) is 60.1 Å². The predicted molar refractivity (Wildman–Crippen MR) is 139 cm³/mol. The van der Waals surface area contributed by atoms with Crippen LogP contribution < -0.4 is 19.1 Å². The fraction of sp³-hybridized carbons (Fsp3) is 0.148. The third-order valence-corrected chi connectivity index (χ3v) is 7.83. The van der Waals surface area contributed by atoms with Gasteiger partial charge in [0, 0.05) is 5.02 Å². The van der Waals surface area contributed by atoms with Gasteiger partial charge in [0.1, 0.15) is 18.1 Å². The number of ether oxygens (including phenoxy) is 2. The van der Waals surface area contributed by atoms with Gasteiger partial charge in [0.25, 0.3) is 15.9 Å². The fourth-order valence-electron chi connectivity index (χ4n) is 4.02. The van der Waals surface area contributed by atoms with Crippen LogP contribution in [-0.2, 0) is 14.8 Å². The molecule has 1 heterocycles. The molecule has 1 atom stereocenters. The Bertz CT molecular complexity index is 1510. The van der Waals surface area contributed by atoms with Crippen molar-refractivity contribution in [1.29, 1.82) is 0 Å². The van der Waals surface area contributed by atoms with Gasteiger partial charge in [0.05, 0.1) is 23.7 Å². The van der Waals surface area contributed by atoms with Crippen LogP contribution in [0.1, 0.15) is 0 Å². The number of hydrogen-bond donors (Lipinski definition) is 1. The molecule has 9 heteroatoms. The van der Waals surface area contributed by atoms with Crippen LogP contribution in [0.5, 0.6) is 11.5 Å². The normalized spacial score (nSPS) is 15.1. The van der Waals surface area contributed by atoms with Gasteiger partial charge >= 0.3 is 0 Å². The highest BCUT2D eigenvalue weighted by molar-refractivity contribution is 7.92. The van der Waals surface area contributed by atoms with Crippen molar-refractivity contribution in [3.63, 3.8) is 0 Å². The zero-order valence-corrected chi connectivity index (χ0v) is 20.7. The van der Waals surface area contributed by atoms with Crippen molar-refractivity contribution < 1.29 is 22.7 Å². The van der Waals surface area contributed by atoms with Gasteiger partial charge in [-0.2, -0.15) is 0 Å². The van der Waals surface area contributed by atoms with E-state index in [2.05, 4.69) is 5.32 Å². The first-order valence-electron chi connectivity index (χ1n) is 11.4. The van der Waals surface area contributed by atoms with Crippen LogP contribution in [0.2, 0.25) is 5.02 Å². The second-order valence-corrected chi connectivity index (χ2v) is 10.5. The van der Waals surface area contributed by atoms with E-state index in [0.29, 0.717) is 10.8 Å². The third-order valence-electron chi connectivity index (χ3n) is 5.81. The van der Waals surface area contributed by atoms with Gasteiger partial charge in [-0.3, -0.25) is 9.10 Å². The predicted octanol–water partition coefficient (Wildman–Crippen LogP) is 4.64. The summed E-state index contributed by atoms with van der Waals surface area (Å²) < 4.78 is 39.6. The maximum absolute atomic E-state index is 13.4. The molecule has 5 rings (SSSR count). The molecule has 0 aliphatic carbocycles. The van der Waals surface area contributed by atoms with E-state index in [1.54, 1.807) is 30.3 Å². The molecule has 36 heavy (non-hydrogen) atoms.